The predicted molar refractivity (Wildman–Crippen MR) is 111 cm³/mol. The maximum atomic E-state index is 13.2. The van der Waals surface area contributed by atoms with E-state index < -0.39 is 11.7 Å². The summed E-state index contributed by atoms with van der Waals surface area (Å²) in [4.78, 5) is 26.1. The third-order valence-corrected chi connectivity index (χ3v) is 6.38. The summed E-state index contributed by atoms with van der Waals surface area (Å²) in [5.41, 5.74) is 0.830. The second kappa shape index (κ2) is 8.94. The van der Waals surface area contributed by atoms with E-state index in [1.807, 2.05) is 4.90 Å². The smallest absolute Gasteiger partial charge is 0.342 e. The van der Waals surface area contributed by atoms with Gasteiger partial charge in [-0.15, -0.1) is 0 Å². The van der Waals surface area contributed by atoms with Crippen molar-refractivity contribution in [3.63, 3.8) is 0 Å². The van der Waals surface area contributed by atoms with E-state index in [0.717, 1.165) is 57.5 Å². The van der Waals surface area contributed by atoms with E-state index in [4.69, 9.17) is 0 Å². The number of alkyl halides is 3. The fourth-order valence-electron chi connectivity index (χ4n) is 4.63. The van der Waals surface area contributed by atoms with Crippen LogP contribution in [0, 0.1) is 5.92 Å². The van der Waals surface area contributed by atoms with Crippen LogP contribution >= 0.6 is 0 Å². The molecule has 0 spiro atoms. The van der Waals surface area contributed by atoms with Gasteiger partial charge in [-0.05, 0) is 58.0 Å². The SMILES string of the molecule is CN1CCC(C(=O)N2CCCC(c3nccnc3-c3cccc(C(F)(F)F)c3)C2)CC1. The summed E-state index contributed by atoms with van der Waals surface area (Å²) in [5.74, 6) is 0.212. The normalized spacial score (nSPS) is 21.3. The number of carbonyl (C=O) groups is 1. The number of carbonyl (C=O) groups excluding carboxylic acids is 1. The quantitative estimate of drug-likeness (QED) is 0.729. The number of nitrogens with zero attached hydrogens (tertiary/aromatic N) is 4. The molecule has 1 unspecified atom stereocenters. The number of amides is 1. The van der Waals surface area contributed by atoms with Crippen LogP contribution in [-0.4, -0.2) is 58.9 Å². The highest BCUT2D eigenvalue weighted by molar-refractivity contribution is 5.79. The molecule has 0 radical (unpaired) electrons. The van der Waals surface area contributed by atoms with Gasteiger partial charge in [0, 0.05) is 42.9 Å². The Kier molecular flexibility index (Phi) is 6.27. The first kappa shape index (κ1) is 21.7. The lowest BCUT2D eigenvalue weighted by molar-refractivity contribution is -0.138. The molecule has 2 fully saturated rings. The van der Waals surface area contributed by atoms with Gasteiger partial charge in [0.1, 0.15) is 0 Å². The van der Waals surface area contributed by atoms with Gasteiger partial charge >= 0.3 is 6.18 Å². The lowest BCUT2D eigenvalue weighted by Gasteiger charge is -2.37. The number of piperidine rings is 2. The van der Waals surface area contributed by atoms with Crippen LogP contribution in [0.15, 0.2) is 36.7 Å². The Balaban J connectivity index is 1.56. The molecule has 5 nitrogen and oxygen atoms in total. The summed E-state index contributed by atoms with van der Waals surface area (Å²) < 4.78 is 39.6. The van der Waals surface area contributed by atoms with E-state index >= 15 is 0 Å². The van der Waals surface area contributed by atoms with Crippen LogP contribution in [0.3, 0.4) is 0 Å². The summed E-state index contributed by atoms with van der Waals surface area (Å²) in [7, 11) is 2.07. The molecular weight excluding hydrogens is 405 g/mol. The molecule has 31 heavy (non-hydrogen) atoms. The molecule has 4 rings (SSSR count). The standard InChI is InChI=1S/C23H27F3N4O/c1-29-12-7-16(8-13-29)22(31)30-11-3-5-18(15-30)21-20(27-9-10-28-21)17-4-2-6-19(14-17)23(24,25)26/h2,4,6,9-10,14,16,18H,3,5,7-8,11-13,15H2,1H3. The molecule has 0 saturated carbocycles. The minimum Gasteiger partial charge on any atom is -0.342 e. The van der Waals surface area contributed by atoms with E-state index in [2.05, 4.69) is 21.9 Å². The molecule has 2 aliphatic heterocycles. The highest BCUT2D eigenvalue weighted by Gasteiger charge is 2.34. The van der Waals surface area contributed by atoms with Gasteiger partial charge in [0.25, 0.3) is 0 Å². The summed E-state index contributed by atoms with van der Waals surface area (Å²) >= 11 is 0. The zero-order valence-corrected chi connectivity index (χ0v) is 17.6. The van der Waals surface area contributed by atoms with Crippen molar-refractivity contribution in [1.82, 2.24) is 19.8 Å². The highest BCUT2D eigenvalue weighted by atomic mass is 19.4. The van der Waals surface area contributed by atoms with Gasteiger partial charge in [0.2, 0.25) is 5.91 Å². The Bertz CT molecular complexity index is 925. The van der Waals surface area contributed by atoms with E-state index in [-0.39, 0.29) is 17.7 Å². The molecule has 8 heteroatoms. The first-order valence-electron chi connectivity index (χ1n) is 10.8. The molecular formula is C23H27F3N4O. The lowest BCUT2D eigenvalue weighted by atomic mass is 9.89. The van der Waals surface area contributed by atoms with Crippen molar-refractivity contribution in [3.8, 4) is 11.3 Å². The molecule has 2 aliphatic rings. The Morgan fingerprint density at radius 2 is 1.81 bits per heavy atom. The zero-order valence-electron chi connectivity index (χ0n) is 17.6. The first-order valence-corrected chi connectivity index (χ1v) is 10.8. The number of hydrogen-bond acceptors (Lipinski definition) is 4. The Morgan fingerprint density at radius 1 is 1.06 bits per heavy atom. The molecule has 0 N–H and O–H groups in total. The molecule has 2 aromatic rings. The molecule has 166 valence electrons. The molecule has 1 amide bonds. The topological polar surface area (TPSA) is 49.3 Å². The number of aromatic nitrogens is 2. The third-order valence-electron chi connectivity index (χ3n) is 6.38. The second-order valence-electron chi connectivity index (χ2n) is 8.57. The fraction of sp³-hybridized carbons (Fsp3) is 0.522. The molecule has 1 aromatic carbocycles. The van der Waals surface area contributed by atoms with Gasteiger partial charge in [0.05, 0.1) is 17.0 Å². The van der Waals surface area contributed by atoms with Crippen molar-refractivity contribution in [3.05, 3.63) is 47.9 Å². The van der Waals surface area contributed by atoms with E-state index in [9.17, 15) is 18.0 Å². The van der Waals surface area contributed by atoms with Crippen molar-refractivity contribution in [2.45, 2.75) is 37.8 Å². The summed E-state index contributed by atoms with van der Waals surface area (Å²) in [6.07, 6.45) is 2.09. The molecule has 1 aromatic heterocycles. The summed E-state index contributed by atoms with van der Waals surface area (Å²) in [6, 6.07) is 5.21. The average Bonchev–Trinajstić information content (AvgIpc) is 2.79. The molecule has 0 aliphatic carbocycles. The van der Waals surface area contributed by atoms with Crippen molar-refractivity contribution >= 4 is 5.91 Å². The van der Waals surface area contributed by atoms with Gasteiger partial charge in [-0.25, -0.2) is 0 Å². The van der Waals surface area contributed by atoms with Gasteiger partial charge in [0.15, 0.2) is 0 Å². The monoisotopic (exact) mass is 432 g/mol. The van der Waals surface area contributed by atoms with Gasteiger partial charge < -0.3 is 9.80 Å². The lowest BCUT2D eigenvalue weighted by Crippen LogP contribution is -2.45. The van der Waals surface area contributed by atoms with Crippen molar-refractivity contribution in [2.24, 2.45) is 5.92 Å². The van der Waals surface area contributed by atoms with Crippen molar-refractivity contribution in [2.75, 3.05) is 33.2 Å². The Morgan fingerprint density at radius 3 is 2.55 bits per heavy atom. The number of benzene rings is 1. The van der Waals surface area contributed by atoms with Crippen LogP contribution in [0.4, 0.5) is 13.2 Å². The summed E-state index contributed by atoms with van der Waals surface area (Å²) in [6.45, 7) is 3.12. The van der Waals surface area contributed by atoms with E-state index in [1.165, 1.54) is 12.3 Å². The van der Waals surface area contributed by atoms with Crippen molar-refractivity contribution in [1.29, 1.82) is 0 Å². The van der Waals surface area contributed by atoms with Crippen LogP contribution < -0.4 is 0 Å². The number of rotatable bonds is 3. The minimum atomic E-state index is -4.42. The molecule has 0 bridgehead atoms. The molecule has 1 atom stereocenters. The van der Waals surface area contributed by atoms with Gasteiger partial charge in [-0.1, -0.05) is 12.1 Å². The second-order valence-corrected chi connectivity index (χ2v) is 8.57. The van der Waals surface area contributed by atoms with E-state index in [0.29, 0.717) is 23.5 Å². The first-order chi connectivity index (χ1) is 14.8. The average molecular weight is 432 g/mol. The highest BCUT2D eigenvalue weighted by Crippen LogP contribution is 2.36. The van der Waals surface area contributed by atoms with Crippen LogP contribution in [0.5, 0.6) is 0 Å². The maximum absolute atomic E-state index is 13.2. The summed E-state index contributed by atoms with van der Waals surface area (Å²) in [5, 5.41) is 0. The van der Waals surface area contributed by atoms with Crippen molar-refractivity contribution < 1.29 is 18.0 Å². The Labute approximate surface area is 180 Å². The number of halogens is 3. The van der Waals surface area contributed by atoms with Gasteiger partial charge in [-0.3, -0.25) is 14.8 Å². The third kappa shape index (κ3) is 4.89. The number of likely N-dealkylation sites (tertiary alicyclic amines) is 2. The predicted octanol–water partition coefficient (Wildman–Crippen LogP) is 4.21. The van der Waals surface area contributed by atoms with Crippen LogP contribution in [-0.2, 0) is 11.0 Å². The van der Waals surface area contributed by atoms with E-state index in [1.54, 1.807) is 12.3 Å². The van der Waals surface area contributed by atoms with Gasteiger partial charge in [-0.2, -0.15) is 13.2 Å². The minimum absolute atomic E-state index is 0.0396. The Hall–Kier alpha value is -2.48. The number of hydrogen-bond donors (Lipinski definition) is 0. The largest absolute Gasteiger partial charge is 0.416 e. The van der Waals surface area contributed by atoms with Crippen LogP contribution in [0.25, 0.3) is 11.3 Å². The zero-order chi connectivity index (χ0) is 22.0. The molecule has 3 heterocycles. The maximum Gasteiger partial charge on any atom is 0.416 e. The molecule has 2 saturated heterocycles. The van der Waals surface area contributed by atoms with Crippen LogP contribution in [0.1, 0.15) is 42.9 Å². The fourth-order valence-corrected chi connectivity index (χ4v) is 4.63. The van der Waals surface area contributed by atoms with Crippen LogP contribution in [0.2, 0.25) is 0 Å².